The van der Waals surface area contributed by atoms with Gasteiger partial charge in [0.25, 0.3) is 5.91 Å². The van der Waals surface area contributed by atoms with Crippen LogP contribution in [0.1, 0.15) is 37.2 Å². The molecule has 4 aromatic rings. The molecule has 0 fully saturated rings. The van der Waals surface area contributed by atoms with E-state index in [1.54, 1.807) is 72.8 Å². The van der Waals surface area contributed by atoms with Crippen LogP contribution in [0, 0.1) is 0 Å². The van der Waals surface area contributed by atoms with Gasteiger partial charge in [-0.1, -0.05) is 24.9 Å². The minimum atomic E-state index is -0.958. The molecule has 3 aromatic carbocycles. The third-order valence-electron chi connectivity index (χ3n) is 5.72. The van der Waals surface area contributed by atoms with E-state index in [1.807, 2.05) is 6.92 Å². The first-order valence-electron chi connectivity index (χ1n) is 12.6. The number of unbranched alkanes of at least 4 members (excludes halogenated alkanes) is 1. The predicted octanol–water partition coefficient (Wildman–Crippen LogP) is 5.83. The number of rotatable bonds is 10. The minimum absolute atomic E-state index is 0.107. The first kappa shape index (κ1) is 27.5. The van der Waals surface area contributed by atoms with Crippen molar-refractivity contribution in [3.8, 4) is 11.5 Å². The van der Waals surface area contributed by atoms with Gasteiger partial charge in [-0.3, -0.25) is 19.8 Å². The van der Waals surface area contributed by atoms with Crippen LogP contribution >= 0.6 is 11.6 Å². The molecular weight excluding hydrogens is 520 g/mol. The molecule has 3 amide bonds. The molecule has 9 nitrogen and oxygen atoms in total. The van der Waals surface area contributed by atoms with Gasteiger partial charge in [0.1, 0.15) is 17.2 Å². The van der Waals surface area contributed by atoms with Crippen molar-refractivity contribution >= 4 is 51.6 Å². The van der Waals surface area contributed by atoms with Crippen LogP contribution in [0.25, 0.3) is 10.9 Å². The van der Waals surface area contributed by atoms with Crippen molar-refractivity contribution < 1.29 is 23.9 Å². The predicted molar refractivity (Wildman–Crippen MR) is 152 cm³/mol. The van der Waals surface area contributed by atoms with Crippen LogP contribution in [0.2, 0.25) is 5.02 Å². The molecule has 0 aliphatic heterocycles. The number of carbonyl (C=O) groups excluding carboxylic acids is 3. The van der Waals surface area contributed by atoms with Crippen molar-refractivity contribution in [2.24, 2.45) is 0 Å². The summed E-state index contributed by atoms with van der Waals surface area (Å²) in [4.78, 5) is 38.7. The second kappa shape index (κ2) is 12.8. The smallest absolute Gasteiger partial charge is 0.328 e. The lowest BCUT2D eigenvalue weighted by molar-refractivity contribution is -0.133. The number of carbonyl (C=O) groups is 3. The molecule has 10 heteroatoms. The van der Waals surface area contributed by atoms with E-state index >= 15 is 0 Å². The molecule has 4 rings (SSSR count). The maximum atomic E-state index is 13.2. The Kier molecular flexibility index (Phi) is 9.06. The first-order valence-corrected chi connectivity index (χ1v) is 13.0. The number of halogens is 1. The molecule has 0 bridgehead atoms. The lowest BCUT2D eigenvalue weighted by atomic mass is 10.2. The summed E-state index contributed by atoms with van der Waals surface area (Å²) in [5.41, 5.74) is 4.09. The van der Waals surface area contributed by atoms with Crippen LogP contribution in [0.4, 0.5) is 11.4 Å². The van der Waals surface area contributed by atoms with Crippen molar-refractivity contribution in [3.05, 3.63) is 83.5 Å². The van der Waals surface area contributed by atoms with Crippen molar-refractivity contribution in [1.82, 2.24) is 4.68 Å². The largest absolute Gasteiger partial charge is 0.494 e. The van der Waals surface area contributed by atoms with Gasteiger partial charge in [0.2, 0.25) is 0 Å². The number of ether oxygens (including phenoxy) is 2. The van der Waals surface area contributed by atoms with Gasteiger partial charge >= 0.3 is 11.8 Å². The highest BCUT2D eigenvalue weighted by Crippen LogP contribution is 2.24. The number of benzene rings is 3. The van der Waals surface area contributed by atoms with E-state index in [9.17, 15) is 14.4 Å². The summed E-state index contributed by atoms with van der Waals surface area (Å²) >= 11 is 6.14. The second-order valence-electron chi connectivity index (χ2n) is 8.60. The Morgan fingerprint density at radius 3 is 2.08 bits per heavy atom. The first-order chi connectivity index (χ1) is 18.9. The lowest BCUT2D eigenvalue weighted by Crippen LogP contribution is -2.36. The second-order valence-corrected chi connectivity index (χ2v) is 9.04. The third-order valence-corrected chi connectivity index (χ3v) is 5.95. The van der Waals surface area contributed by atoms with Gasteiger partial charge in [-0.2, -0.15) is 0 Å². The molecule has 0 saturated heterocycles. The third kappa shape index (κ3) is 7.08. The Bertz CT molecular complexity index is 1470. The average molecular weight is 549 g/mol. The van der Waals surface area contributed by atoms with Gasteiger partial charge in [0, 0.05) is 21.8 Å². The number of aromatic nitrogens is 1. The summed E-state index contributed by atoms with van der Waals surface area (Å²) in [5.74, 6) is -1.00. The SMILES string of the molecule is CCCCOc1ccc(NC(=O)C(=O)Nn2c(C(=O)Nc3ccc(OCC)cc3)cc3cc(Cl)ccc32)cc1. The zero-order valence-corrected chi connectivity index (χ0v) is 22.4. The maximum Gasteiger partial charge on any atom is 0.328 e. The Balaban J connectivity index is 1.50. The molecule has 0 atom stereocenters. The molecule has 0 aliphatic carbocycles. The van der Waals surface area contributed by atoms with Crippen LogP contribution in [0.5, 0.6) is 11.5 Å². The Morgan fingerprint density at radius 1 is 0.795 bits per heavy atom. The van der Waals surface area contributed by atoms with Crippen LogP contribution < -0.4 is 25.5 Å². The van der Waals surface area contributed by atoms with E-state index in [1.165, 1.54) is 4.68 Å². The van der Waals surface area contributed by atoms with Crippen molar-refractivity contribution in [1.29, 1.82) is 0 Å². The Hall–Kier alpha value is -4.50. The number of hydrogen-bond donors (Lipinski definition) is 3. The molecule has 202 valence electrons. The molecule has 0 unspecified atom stereocenters. The van der Waals surface area contributed by atoms with Crippen molar-refractivity contribution in [2.45, 2.75) is 26.7 Å². The number of amides is 3. The van der Waals surface area contributed by atoms with Gasteiger partial charge in [-0.15, -0.1) is 0 Å². The highest BCUT2D eigenvalue weighted by Gasteiger charge is 2.21. The van der Waals surface area contributed by atoms with Crippen LogP contribution in [0.15, 0.2) is 72.8 Å². The maximum absolute atomic E-state index is 13.2. The summed E-state index contributed by atoms with van der Waals surface area (Å²) in [6.45, 7) is 5.10. The van der Waals surface area contributed by atoms with Crippen molar-refractivity contribution in [2.75, 3.05) is 29.3 Å². The molecule has 0 aliphatic rings. The minimum Gasteiger partial charge on any atom is -0.494 e. The zero-order chi connectivity index (χ0) is 27.8. The van der Waals surface area contributed by atoms with Gasteiger partial charge in [0.15, 0.2) is 0 Å². The van der Waals surface area contributed by atoms with E-state index in [2.05, 4.69) is 23.0 Å². The average Bonchev–Trinajstić information content (AvgIpc) is 3.28. The Labute approximate surface area is 231 Å². The summed E-state index contributed by atoms with van der Waals surface area (Å²) < 4.78 is 12.3. The standard InChI is InChI=1S/C29H29ClN4O5/c1-3-5-16-39-24-13-9-22(10-14-24)32-28(36)29(37)33-34-25-15-6-20(30)17-19(25)18-26(34)27(35)31-21-7-11-23(12-8-21)38-4-2/h6-15,17-18H,3-5,16H2,1-2H3,(H,31,35)(H,32,36)(H,33,37). The van der Waals surface area contributed by atoms with Gasteiger partial charge in [0.05, 0.1) is 18.7 Å². The molecule has 1 heterocycles. The van der Waals surface area contributed by atoms with Gasteiger partial charge in [-0.05, 0) is 86.1 Å². The van der Waals surface area contributed by atoms with Crippen LogP contribution in [-0.4, -0.2) is 35.6 Å². The normalized spacial score (nSPS) is 10.6. The number of nitrogens with one attached hydrogen (secondary N) is 3. The van der Waals surface area contributed by atoms with E-state index < -0.39 is 17.7 Å². The van der Waals surface area contributed by atoms with Gasteiger partial charge in [-0.25, -0.2) is 4.68 Å². The Morgan fingerprint density at radius 2 is 1.44 bits per heavy atom. The summed E-state index contributed by atoms with van der Waals surface area (Å²) in [6, 6.07) is 20.2. The highest BCUT2D eigenvalue weighted by molar-refractivity contribution is 6.42. The number of anilines is 2. The van der Waals surface area contributed by atoms with Crippen LogP contribution in [-0.2, 0) is 9.59 Å². The molecule has 0 spiro atoms. The fourth-order valence-electron chi connectivity index (χ4n) is 3.78. The molecule has 3 N–H and O–H groups in total. The topological polar surface area (TPSA) is 111 Å². The lowest BCUT2D eigenvalue weighted by Gasteiger charge is -2.13. The van der Waals surface area contributed by atoms with Crippen LogP contribution in [0.3, 0.4) is 0 Å². The van der Waals surface area contributed by atoms with Gasteiger partial charge < -0.3 is 20.1 Å². The number of hydrogen-bond acceptors (Lipinski definition) is 5. The molecule has 0 radical (unpaired) electrons. The molecule has 1 aromatic heterocycles. The highest BCUT2D eigenvalue weighted by atomic mass is 35.5. The summed E-state index contributed by atoms with van der Waals surface area (Å²) in [5, 5.41) is 6.43. The number of fused-ring (bicyclic) bond motifs is 1. The molecule has 0 saturated carbocycles. The summed E-state index contributed by atoms with van der Waals surface area (Å²) in [7, 11) is 0. The van der Waals surface area contributed by atoms with E-state index in [0.29, 0.717) is 52.0 Å². The quantitative estimate of drug-likeness (QED) is 0.170. The molecular formula is C29H29ClN4O5. The monoisotopic (exact) mass is 548 g/mol. The van der Waals surface area contributed by atoms with E-state index in [0.717, 1.165) is 12.8 Å². The zero-order valence-electron chi connectivity index (χ0n) is 21.6. The fraction of sp³-hybridized carbons (Fsp3) is 0.207. The van der Waals surface area contributed by atoms with Crippen molar-refractivity contribution in [3.63, 3.8) is 0 Å². The number of nitrogens with zero attached hydrogens (tertiary/aromatic N) is 1. The van der Waals surface area contributed by atoms with E-state index in [4.69, 9.17) is 21.1 Å². The fourth-order valence-corrected chi connectivity index (χ4v) is 3.96. The molecule has 39 heavy (non-hydrogen) atoms. The summed E-state index contributed by atoms with van der Waals surface area (Å²) in [6.07, 6.45) is 1.97. The van der Waals surface area contributed by atoms with E-state index in [-0.39, 0.29) is 5.69 Å².